The Hall–Kier alpha value is -0.610. The van der Waals surface area contributed by atoms with Gasteiger partial charge in [-0.3, -0.25) is 9.79 Å². The number of likely N-dealkylation sites (tertiary alicyclic amines) is 1. The number of ether oxygens (including phenoxy) is 2. The molecule has 3 saturated heterocycles. The number of guanidine groups is 1. The standard InChI is InChI=1S/C20H34N4O3.HI/c1-20(2)16(15-6-11-27-17(15)20)22-19(21-3)24-7-4-14(5-8-24)18(25)23-9-12-26-13-10-23;/h14-17H,4-13H2,1-3H3,(H,21,22);1H. The Morgan fingerprint density at radius 2 is 1.71 bits per heavy atom. The molecule has 7 nitrogen and oxygen atoms in total. The summed E-state index contributed by atoms with van der Waals surface area (Å²) >= 11 is 0. The summed E-state index contributed by atoms with van der Waals surface area (Å²) in [5.74, 6) is 2.03. The van der Waals surface area contributed by atoms with Gasteiger partial charge >= 0.3 is 0 Å². The molecule has 160 valence electrons. The smallest absolute Gasteiger partial charge is 0.225 e. The predicted octanol–water partition coefficient (Wildman–Crippen LogP) is 1.56. The number of nitrogens with zero attached hydrogens (tertiary/aromatic N) is 3. The van der Waals surface area contributed by atoms with Crippen molar-refractivity contribution in [3.05, 3.63) is 0 Å². The van der Waals surface area contributed by atoms with E-state index in [1.807, 2.05) is 11.9 Å². The van der Waals surface area contributed by atoms with E-state index in [2.05, 4.69) is 29.1 Å². The molecule has 1 amide bonds. The van der Waals surface area contributed by atoms with Crippen LogP contribution in [0.25, 0.3) is 0 Å². The predicted molar refractivity (Wildman–Crippen MR) is 119 cm³/mol. The number of fused-ring (bicyclic) bond motifs is 1. The molecule has 1 aliphatic carbocycles. The summed E-state index contributed by atoms with van der Waals surface area (Å²) in [6.45, 7) is 10.1. The van der Waals surface area contributed by atoms with E-state index in [9.17, 15) is 4.79 Å². The van der Waals surface area contributed by atoms with Gasteiger partial charge in [0.25, 0.3) is 0 Å². The molecule has 4 aliphatic rings. The average Bonchev–Trinajstić information content (AvgIpc) is 3.16. The van der Waals surface area contributed by atoms with Gasteiger partial charge in [0.05, 0.1) is 19.3 Å². The third-order valence-corrected chi connectivity index (χ3v) is 7.06. The van der Waals surface area contributed by atoms with Crippen LogP contribution in [0.1, 0.15) is 33.1 Å². The Balaban J connectivity index is 0.00000225. The maximum absolute atomic E-state index is 12.7. The molecular formula is C20H35IN4O3. The number of morpholine rings is 1. The van der Waals surface area contributed by atoms with E-state index in [1.54, 1.807) is 0 Å². The van der Waals surface area contributed by atoms with Crippen LogP contribution in [0.2, 0.25) is 0 Å². The van der Waals surface area contributed by atoms with E-state index in [0.717, 1.165) is 58.0 Å². The van der Waals surface area contributed by atoms with Crippen LogP contribution in [0.4, 0.5) is 0 Å². The lowest BCUT2D eigenvalue weighted by atomic mass is 9.57. The number of aliphatic imine (C=N–C) groups is 1. The highest BCUT2D eigenvalue weighted by Gasteiger charge is 2.59. The fraction of sp³-hybridized carbons (Fsp3) is 0.900. The Morgan fingerprint density at radius 3 is 2.36 bits per heavy atom. The third-order valence-electron chi connectivity index (χ3n) is 7.06. The largest absolute Gasteiger partial charge is 0.378 e. The molecule has 3 unspecified atom stereocenters. The van der Waals surface area contributed by atoms with Gasteiger partial charge in [0, 0.05) is 63.1 Å². The van der Waals surface area contributed by atoms with Crippen LogP contribution >= 0.6 is 24.0 Å². The van der Waals surface area contributed by atoms with Crippen molar-refractivity contribution in [2.24, 2.45) is 22.2 Å². The average molecular weight is 506 g/mol. The quantitative estimate of drug-likeness (QED) is 0.350. The first-order chi connectivity index (χ1) is 13.0. The van der Waals surface area contributed by atoms with Crippen molar-refractivity contribution in [2.75, 3.05) is 53.0 Å². The number of amides is 1. The fourth-order valence-corrected chi connectivity index (χ4v) is 5.43. The minimum atomic E-state index is 0. The maximum atomic E-state index is 12.7. The van der Waals surface area contributed by atoms with Crippen LogP contribution in [-0.2, 0) is 14.3 Å². The number of hydrogen-bond acceptors (Lipinski definition) is 4. The van der Waals surface area contributed by atoms with Crippen LogP contribution in [0.15, 0.2) is 4.99 Å². The Labute approximate surface area is 185 Å². The highest BCUT2D eigenvalue weighted by molar-refractivity contribution is 14.0. The highest BCUT2D eigenvalue weighted by Crippen LogP contribution is 2.52. The van der Waals surface area contributed by atoms with E-state index in [-0.39, 0.29) is 35.3 Å². The number of carbonyl (C=O) groups is 1. The molecule has 1 N–H and O–H groups in total. The van der Waals surface area contributed by atoms with Gasteiger partial charge in [-0.25, -0.2) is 0 Å². The molecule has 1 saturated carbocycles. The van der Waals surface area contributed by atoms with Crippen LogP contribution in [-0.4, -0.2) is 86.9 Å². The molecule has 3 atom stereocenters. The lowest BCUT2D eigenvalue weighted by Crippen LogP contribution is -2.68. The van der Waals surface area contributed by atoms with Gasteiger partial charge in [0.1, 0.15) is 0 Å². The summed E-state index contributed by atoms with van der Waals surface area (Å²) in [7, 11) is 1.86. The maximum Gasteiger partial charge on any atom is 0.225 e. The second-order valence-electron chi connectivity index (χ2n) is 8.93. The van der Waals surface area contributed by atoms with Gasteiger partial charge in [0.2, 0.25) is 5.91 Å². The van der Waals surface area contributed by atoms with E-state index in [4.69, 9.17) is 9.47 Å². The molecule has 3 aliphatic heterocycles. The van der Waals surface area contributed by atoms with Gasteiger partial charge in [-0.15, -0.1) is 24.0 Å². The molecule has 0 radical (unpaired) electrons. The lowest BCUT2D eigenvalue weighted by Gasteiger charge is -2.55. The van der Waals surface area contributed by atoms with Gasteiger partial charge in [0.15, 0.2) is 5.96 Å². The first kappa shape index (κ1) is 22.1. The third kappa shape index (κ3) is 4.01. The zero-order chi connectivity index (χ0) is 19.0. The van der Waals surface area contributed by atoms with Crippen LogP contribution in [0.5, 0.6) is 0 Å². The van der Waals surface area contributed by atoms with Crippen LogP contribution < -0.4 is 5.32 Å². The van der Waals surface area contributed by atoms with E-state index >= 15 is 0 Å². The minimum absolute atomic E-state index is 0. The lowest BCUT2D eigenvalue weighted by molar-refractivity contribution is -0.140. The van der Waals surface area contributed by atoms with Crippen molar-refractivity contribution in [2.45, 2.75) is 45.3 Å². The summed E-state index contributed by atoms with van der Waals surface area (Å²) in [4.78, 5) is 21.6. The second-order valence-corrected chi connectivity index (χ2v) is 8.93. The SMILES string of the molecule is CN=C(NC1C2CCOC2C1(C)C)N1CCC(C(=O)N2CCOCC2)CC1.I. The molecular weight excluding hydrogens is 471 g/mol. The molecule has 28 heavy (non-hydrogen) atoms. The van der Waals surface area contributed by atoms with Crippen molar-refractivity contribution >= 4 is 35.8 Å². The first-order valence-electron chi connectivity index (χ1n) is 10.5. The van der Waals surface area contributed by atoms with E-state index in [0.29, 0.717) is 37.2 Å². The Kier molecular flexibility index (Phi) is 7.13. The monoisotopic (exact) mass is 506 g/mol. The van der Waals surface area contributed by atoms with Crippen molar-refractivity contribution in [1.82, 2.24) is 15.1 Å². The zero-order valence-corrected chi connectivity index (χ0v) is 19.7. The van der Waals surface area contributed by atoms with Gasteiger partial charge in [-0.2, -0.15) is 0 Å². The molecule has 3 heterocycles. The topological polar surface area (TPSA) is 66.4 Å². The van der Waals surface area contributed by atoms with Crippen LogP contribution in [0, 0.1) is 17.3 Å². The highest BCUT2D eigenvalue weighted by atomic mass is 127. The van der Waals surface area contributed by atoms with Crippen LogP contribution in [0.3, 0.4) is 0 Å². The summed E-state index contributed by atoms with van der Waals surface area (Å²) in [5, 5.41) is 3.73. The van der Waals surface area contributed by atoms with Gasteiger partial charge in [-0.1, -0.05) is 13.8 Å². The minimum Gasteiger partial charge on any atom is -0.378 e. The zero-order valence-electron chi connectivity index (χ0n) is 17.4. The molecule has 4 rings (SSSR count). The fourth-order valence-electron chi connectivity index (χ4n) is 5.43. The van der Waals surface area contributed by atoms with E-state index < -0.39 is 0 Å². The number of piperidine rings is 1. The number of nitrogens with one attached hydrogen (secondary N) is 1. The molecule has 0 bridgehead atoms. The van der Waals surface area contributed by atoms with Gasteiger partial charge < -0.3 is 24.6 Å². The summed E-state index contributed by atoms with van der Waals surface area (Å²) in [6.07, 6.45) is 3.32. The van der Waals surface area contributed by atoms with Crippen molar-refractivity contribution < 1.29 is 14.3 Å². The number of rotatable bonds is 2. The summed E-state index contributed by atoms with van der Waals surface area (Å²) in [5.41, 5.74) is 0.141. The van der Waals surface area contributed by atoms with Gasteiger partial charge in [-0.05, 0) is 19.3 Å². The Morgan fingerprint density at radius 1 is 1.04 bits per heavy atom. The Bertz CT molecular complexity index is 586. The molecule has 8 heteroatoms. The van der Waals surface area contributed by atoms with Crippen molar-refractivity contribution in [3.63, 3.8) is 0 Å². The normalized spacial score (nSPS) is 33.0. The van der Waals surface area contributed by atoms with Crippen molar-refractivity contribution in [3.8, 4) is 0 Å². The first-order valence-corrected chi connectivity index (χ1v) is 10.5. The second kappa shape index (κ2) is 9.04. The van der Waals surface area contributed by atoms with E-state index in [1.165, 1.54) is 0 Å². The number of carbonyl (C=O) groups excluding carboxylic acids is 1. The van der Waals surface area contributed by atoms with Crippen molar-refractivity contribution in [1.29, 1.82) is 0 Å². The number of hydrogen-bond donors (Lipinski definition) is 1. The molecule has 0 aromatic heterocycles. The number of halogens is 1. The summed E-state index contributed by atoms with van der Waals surface area (Å²) in [6, 6.07) is 0.413. The molecule has 0 spiro atoms. The summed E-state index contributed by atoms with van der Waals surface area (Å²) < 4.78 is 11.3. The molecule has 0 aromatic rings. The molecule has 0 aromatic carbocycles. The molecule has 4 fully saturated rings.